The molecule has 9 heteroatoms. The Morgan fingerprint density at radius 1 is 1.26 bits per heavy atom. The predicted octanol–water partition coefficient (Wildman–Crippen LogP) is 3.73. The molecule has 2 aromatic rings. The highest BCUT2D eigenvalue weighted by molar-refractivity contribution is 14.1. The number of ether oxygens (including phenoxy) is 2. The van der Waals surface area contributed by atoms with E-state index in [1.54, 1.807) is 6.07 Å². The van der Waals surface area contributed by atoms with Crippen molar-refractivity contribution in [1.29, 1.82) is 0 Å². The van der Waals surface area contributed by atoms with Gasteiger partial charge in [0.05, 0.1) is 28.9 Å². The van der Waals surface area contributed by atoms with Gasteiger partial charge in [0.1, 0.15) is 5.82 Å². The summed E-state index contributed by atoms with van der Waals surface area (Å²) in [7, 11) is 0. The third kappa shape index (κ3) is 5.72. The van der Waals surface area contributed by atoms with Gasteiger partial charge >= 0.3 is 0 Å². The molecular formula is C22H23FIN3O4. The van der Waals surface area contributed by atoms with E-state index < -0.39 is 5.92 Å². The second-order valence-corrected chi connectivity index (χ2v) is 7.97. The Labute approximate surface area is 193 Å². The lowest BCUT2D eigenvalue weighted by atomic mass is 10.1. The highest BCUT2D eigenvalue weighted by Crippen LogP contribution is 2.34. The largest absolute Gasteiger partial charge is 0.490 e. The van der Waals surface area contributed by atoms with Crippen molar-refractivity contribution in [3.63, 3.8) is 0 Å². The highest BCUT2D eigenvalue weighted by atomic mass is 127. The summed E-state index contributed by atoms with van der Waals surface area (Å²) in [6.45, 7) is 5.03. The molecule has 1 aliphatic heterocycles. The molecule has 1 heterocycles. The Balaban J connectivity index is 1.64. The van der Waals surface area contributed by atoms with Crippen LogP contribution in [-0.4, -0.2) is 37.8 Å². The standard InChI is InChI=1S/C22H23FIN3O4/c1-3-30-19-10-14(9-18(24)21(19)31-4-2)12-25-26-22(29)15-11-20(28)27(13-15)17-7-5-16(23)6-8-17/h5-10,12,15H,3-4,11,13H2,1-2H3,(H,26,29)/b25-12-/t15-/m1/s1. The summed E-state index contributed by atoms with van der Waals surface area (Å²) in [6.07, 6.45) is 1.60. The molecule has 164 valence electrons. The lowest BCUT2D eigenvalue weighted by Gasteiger charge is -2.16. The second-order valence-electron chi connectivity index (χ2n) is 6.81. The van der Waals surface area contributed by atoms with Crippen molar-refractivity contribution in [3.8, 4) is 11.5 Å². The van der Waals surface area contributed by atoms with Crippen molar-refractivity contribution in [3.05, 3.63) is 51.3 Å². The Kier molecular flexibility index (Phi) is 7.83. The zero-order valence-corrected chi connectivity index (χ0v) is 19.4. The molecule has 1 atom stereocenters. The SMILES string of the molecule is CCOc1cc(/C=N\NC(=O)[C@@H]2CC(=O)N(c3ccc(F)cc3)C2)cc(I)c1OCC. The minimum atomic E-state index is -0.533. The summed E-state index contributed by atoms with van der Waals surface area (Å²) < 4.78 is 25.3. The van der Waals surface area contributed by atoms with Crippen molar-refractivity contribution in [2.24, 2.45) is 11.0 Å². The third-order valence-corrected chi connectivity index (χ3v) is 5.44. The van der Waals surface area contributed by atoms with Crippen LogP contribution >= 0.6 is 22.6 Å². The van der Waals surface area contributed by atoms with Crippen molar-refractivity contribution >= 4 is 46.3 Å². The van der Waals surface area contributed by atoms with Gasteiger partial charge in [0.15, 0.2) is 11.5 Å². The molecule has 0 spiro atoms. The number of hydrazone groups is 1. The van der Waals surface area contributed by atoms with Gasteiger partial charge in [-0.2, -0.15) is 5.10 Å². The quantitative estimate of drug-likeness (QED) is 0.315. The van der Waals surface area contributed by atoms with Crippen molar-refractivity contribution in [1.82, 2.24) is 5.43 Å². The maximum absolute atomic E-state index is 13.1. The topological polar surface area (TPSA) is 80.2 Å². The van der Waals surface area contributed by atoms with Crippen molar-refractivity contribution in [2.75, 3.05) is 24.7 Å². The highest BCUT2D eigenvalue weighted by Gasteiger charge is 2.35. The molecule has 7 nitrogen and oxygen atoms in total. The average molecular weight is 539 g/mol. The normalized spacial score (nSPS) is 16.1. The number of nitrogens with one attached hydrogen (secondary N) is 1. The van der Waals surface area contributed by atoms with Gasteiger partial charge in [-0.1, -0.05) is 0 Å². The van der Waals surface area contributed by atoms with Crippen LogP contribution in [0.3, 0.4) is 0 Å². The molecule has 0 unspecified atom stereocenters. The van der Waals surface area contributed by atoms with Gasteiger partial charge in [-0.25, -0.2) is 9.82 Å². The van der Waals surface area contributed by atoms with Crippen LogP contribution < -0.4 is 19.8 Å². The number of anilines is 1. The van der Waals surface area contributed by atoms with Crippen LogP contribution in [0, 0.1) is 15.3 Å². The lowest BCUT2D eigenvalue weighted by molar-refractivity contribution is -0.126. The molecule has 0 aliphatic carbocycles. The van der Waals surface area contributed by atoms with E-state index in [0.29, 0.717) is 30.4 Å². The number of nitrogens with zero attached hydrogens (tertiary/aromatic N) is 2. The molecule has 0 bridgehead atoms. The van der Waals surface area contributed by atoms with Gasteiger partial charge in [-0.15, -0.1) is 0 Å². The van der Waals surface area contributed by atoms with E-state index >= 15 is 0 Å². The monoisotopic (exact) mass is 539 g/mol. The van der Waals surface area contributed by atoms with Gasteiger partial charge < -0.3 is 14.4 Å². The Morgan fingerprint density at radius 2 is 1.97 bits per heavy atom. The van der Waals surface area contributed by atoms with Crippen LogP contribution in [-0.2, 0) is 9.59 Å². The number of carbonyl (C=O) groups is 2. The maximum atomic E-state index is 13.1. The van der Waals surface area contributed by atoms with Crippen LogP contribution in [0.25, 0.3) is 0 Å². The summed E-state index contributed by atoms with van der Waals surface area (Å²) >= 11 is 2.16. The molecule has 31 heavy (non-hydrogen) atoms. The number of hydrogen-bond donors (Lipinski definition) is 1. The van der Waals surface area contributed by atoms with E-state index in [1.807, 2.05) is 19.9 Å². The van der Waals surface area contributed by atoms with Gasteiger partial charge in [0, 0.05) is 18.7 Å². The predicted molar refractivity (Wildman–Crippen MR) is 124 cm³/mol. The number of benzene rings is 2. The first-order chi connectivity index (χ1) is 14.9. The maximum Gasteiger partial charge on any atom is 0.245 e. The van der Waals surface area contributed by atoms with Crippen LogP contribution in [0.5, 0.6) is 11.5 Å². The van der Waals surface area contributed by atoms with Crippen LogP contribution in [0.2, 0.25) is 0 Å². The minimum Gasteiger partial charge on any atom is -0.490 e. The molecule has 1 fully saturated rings. The second kappa shape index (κ2) is 10.6. The molecule has 1 aliphatic rings. The van der Waals surface area contributed by atoms with E-state index in [1.165, 1.54) is 35.4 Å². The van der Waals surface area contributed by atoms with Gasteiger partial charge in [-0.05, 0) is 78.4 Å². The number of hydrogen-bond acceptors (Lipinski definition) is 5. The molecule has 3 rings (SSSR count). The molecular weight excluding hydrogens is 516 g/mol. The summed E-state index contributed by atoms with van der Waals surface area (Å²) in [5.41, 5.74) is 3.81. The van der Waals surface area contributed by atoms with Crippen molar-refractivity contribution in [2.45, 2.75) is 20.3 Å². The fourth-order valence-corrected chi connectivity index (χ4v) is 4.01. The summed E-state index contributed by atoms with van der Waals surface area (Å²) in [4.78, 5) is 26.2. The van der Waals surface area contributed by atoms with Crippen LogP contribution in [0.4, 0.5) is 10.1 Å². The fraction of sp³-hybridized carbons (Fsp3) is 0.318. The summed E-state index contributed by atoms with van der Waals surface area (Å²) in [5.74, 6) is -0.153. The molecule has 0 saturated carbocycles. The van der Waals surface area contributed by atoms with Crippen LogP contribution in [0.1, 0.15) is 25.8 Å². The third-order valence-electron chi connectivity index (χ3n) is 4.64. The zero-order valence-electron chi connectivity index (χ0n) is 17.2. The lowest BCUT2D eigenvalue weighted by Crippen LogP contribution is -2.30. The van der Waals surface area contributed by atoms with Crippen LogP contribution in [0.15, 0.2) is 41.5 Å². The minimum absolute atomic E-state index is 0.0775. The van der Waals surface area contributed by atoms with E-state index in [4.69, 9.17) is 9.47 Å². The summed E-state index contributed by atoms with van der Waals surface area (Å²) in [5, 5.41) is 4.03. The molecule has 2 aromatic carbocycles. The van der Waals surface area contributed by atoms with Crippen molar-refractivity contribution < 1.29 is 23.5 Å². The first kappa shape index (κ1) is 23.0. The first-order valence-electron chi connectivity index (χ1n) is 9.90. The number of rotatable bonds is 8. The van der Waals surface area contributed by atoms with E-state index in [2.05, 4.69) is 33.1 Å². The van der Waals surface area contributed by atoms with E-state index in [0.717, 1.165) is 9.13 Å². The van der Waals surface area contributed by atoms with Gasteiger partial charge in [0.2, 0.25) is 11.8 Å². The Hall–Kier alpha value is -2.69. The number of halogens is 2. The average Bonchev–Trinajstić information content (AvgIpc) is 3.13. The molecule has 0 radical (unpaired) electrons. The summed E-state index contributed by atoms with van der Waals surface area (Å²) in [6, 6.07) is 9.29. The van der Waals surface area contributed by atoms with E-state index in [-0.39, 0.29) is 30.6 Å². The Bertz CT molecular complexity index is 981. The smallest absolute Gasteiger partial charge is 0.245 e. The number of amides is 2. The number of carbonyl (C=O) groups excluding carboxylic acids is 2. The van der Waals surface area contributed by atoms with Gasteiger partial charge in [-0.3, -0.25) is 9.59 Å². The zero-order chi connectivity index (χ0) is 22.4. The molecule has 0 aromatic heterocycles. The Morgan fingerprint density at radius 3 is 2.65 bits per heavy atom. The molecule has 1 saturated heterocycles. The van der Waals surface area contributed by atoms with Gasteiger partial charge in [0.25, 0.3) is 0 Å². The fourth-order valence-electron chi connectivity index (χ4n) is 3.23. The first-order valence-corrected chi connectivity index (χ1v) is 11.0. The molecule has 1 N–H and O–H groups in total. The molecule has 2 amide bonds. The van der Waals surface area contributed by atoms with E-state index in [9.17, 15) is 14.0 Å².